The largest absolute Gasteiger partial charge is 0.489 e. The van der Waals surface area contributed by atoms with E-state index in [1.54, 1.807) is 17.3 Å². The van der Waals surface area contributed by atoms with Gasteiger partial charge in [0.15, 0.2) is 5.82 Å². The molecule has 0 spiro atoms. The Kier molecular flexibility index (Phi) is 7.63. The Morgan fingerprint density at radius 2 is 2.17 bits per heavy atom. The maximum atomic E-state index is 13.1. The van der Waals surface area contributed by atoms with Crippen molar-refractivity contribution in [1.82, 2.24) is 15.3 Å². The van der Waals surface area contributed by atoms with Crippen LogP contribution in [0, 0.1) is 13.8 Å². The van der Waals surface area contributed by atoms with E-state index in [-0.39, 0.29) is 18.2 Å². The zero-order chi connectivity index (χ0) is 21.7. The fourth-order valence-electron chi connectivity index (χ4n) is 3.07. The van der Waals surface area contributed by atoms with Crippen LogP contribution in [0.25, 0.3) is 0 Å². The molecule has 9 heteroatoms. The highest BCUT2D eigenvalue weighted by molar-refractivity contribution is 9.10. The molecule has 1 fully saturated rings. The number of nitrogens with one attached hydrogen (secondary N) is 2. The summed E-state index contributed by atoms with van der Waals surface area (Å²) < 4.78 is 12.6. The van der Waals surface area contributed by atoms with Gasteiger partial charge in [0.05, 0.1) is 30.4 Å². The number of rotatable bonds is 6. The number of anilines is 2. The molecule has 162 valence electrons. The molecule has 0 aliphatic carbocycles. The second-order valence-electron chi connectivity index (χ2n) is 7.52. The highest BCUT2D eigenvalue weighted by Crippen LogP contribution is 2.32. The molecule has 2 amide bonds. The van der Waals surface area contributed by atoms with Crippen LogP contribution in [-0.2, 0) is 4.74 Å². The summed E-state index contributed by atoms with van der Waals surface area (Å²) in [6.07, 6.45) is 3.22. The molecule has 1 aliphatic rings. The van der Waals surface area contributed by atoms with Crippen LogP contribution in [0.2, 0.25) is 0 Å². The molecule has 1 aromatic heterocycles. The first-order chi connectivity index (χ1) is 14.3. The van der Waals surface area contributed by atoms with Crippen LogP contribution in [0.4, 0.5) is 16.3 Å². The first kappa shape index (κ1) is 22.5. The molecule has 2 heterocycles. The van der Waals surface area contributed by atoms with E-state index < -0.39 is 0 Å². The van der Waals surface area contributed by atoms with E-state index in [0.29, 0.717) is 30.5 Å². The molecule has 1 aliphatic heterocycles. The monoisotopic (exact) mass is 477 g/mol. The number of ether oxygens (including phenoxy) is 2. The summed E-state index contributed by atoms with van der Waals surface area (Å²) in [6, 6.07) is 3.34. The van der Waals surface area contributed by atoms with Gasteiger partial charge in [-0.1, -0.05) is 15.9 Å². The van der Waals surface area contributed by atoms with Crippen LogP contribution < -0.4 is 20.3 Å². The van der Waals surface area contributed by atoms with Gasteiger partial charge in [0, 0.05) is 23.6 Å². The third-order valence-corrected chi connectivity index (χ3v) is 5.54. The van der Waals surface area contributed by atoms with Crippen molar-refractivity contribution in [1.29, 1.82) is 0 Å². The summed E-state index contributed by atoms with van der Waals surface area (Å²) in [7, 11) is 0. The molecule has 2 N–H and O–H groups in total. The number of hydrogen-bond donors (Lipinski definition) is 2. The Labute approximate surface area is 185 Å². The molecule has 0 saturated carbocycles. The fraction of sp³-hybridized carbons (Fsp3) is 0.476. The summed E-state index contributed by atoms with van der Waals surface area (Å²) in [6.45, 7) is 10.3. The molecule has 8 nitrogen and oxygen atoms in total. The summed E-state index contributed by atoms with van der Waals surface area (Å²) in [5, 5.41) is 6.25. The smallest absolute Gasteiger partial charge is 0.327 e. The molecule has 0 unspecified atom stereocenters. The maximum absolute atomic E-state index is 13.1. The van der Waals surface area contributed by atoms with Crippen molar-refractivity contribution in [2.75, 3.05) is 36.5 Å². The van der Waals surface area contributed by atoms with Crippen LogP contribution in [-0.4, -0.2) is 54.4 Å². The average molecular weight is 478 g/mol. The van der Waals surface area contributed by atoms with E-state index in [4.69, 9.17) is 9.47 Å². The lowest BCUT2D eigenvalue weighted by Gasteiger charge is -2.27. The van der Waals surface area contributed by atoms with Crippen molar-refractivity contribution < 1.29 is 14.3 Å². The van der Waals surface area contributed by atoms with E-state index >= 15 is 0 Å². The number of halogens is 1. The SMILES string of the molecule is Cc1cnc(N(C(=O)Nc2cc(Br)c(C)cc2OC[C@@H]2CNCCO2)C(C)C)cn1. The number of aromatic nitrogens is 2. The van der Waals surface area contributed by atoms with Crippen molar-refractivity contribution >= 4 is 33.5 Å². The lowest BCUT2D eigenvalue weighted by atomic mass is 10.2. The maximum Gasteiger partial charge on any atom is 0.327 e. The predicted octanol–water partition coefficient (Wildman–Crippen LogP) is 3.67. The van der Waals surface area contributed by atoms with E-state index in [9.17, 15) is 4.79 Å². The van der Waals surface area contributed by atoms with Crippen LogP contribution in [0.1, 0.15) is 25.1 Å². The molecule has 1 saturated heterocycles. The minimum Gasteiger partial charge on any atom is -0.489 e. The Hall–Kier alpha value is -2.23. The third-order valence-electron chi connectivity index (χ3n) is 4.68. The molecule has 0 bridgehead atoms. The van der Waals surface area contributed by atoms with Crippen LogP contribution in [0.3, 0.4) is 0 Å². The first-order valence-corrected chi connectivity index (χ1v) is 10.8. The van der Waals surface area contributed by atoms with Crippen LogP contribution in [0.5, 0.6) is 5.75 Å². The molecule has 3 rings (SSSR count). The highest BCUT2D eigenvalue weighted by Gasteiger charge is 2.23. The van der Waals surface area contributed by atoms with Crippen molar-refractivity contribution in [2.45, 2.75) is 39.8 Å². The Balaban J connectivity index is 1.79. The minimum absolute atomic E-state index is 0.0266. The summed E-state index contributed by atoms with van der Waals surface area (Å²) in [4.78, 5) is 23.3. The number of benzene rings is 1. The van der Waals surface area contributed by atoms with Gasteiger partial charge >= 0.3 is 6.03 Å². The highest BCUT2D eigenvalue weighted by atomic mass is 79.9. The molecule has 30 heavy (non-hydrogen) atoms. The normalized spacial score (nSPS) is 16.4. The number of hydrogen-bond acceptors (Lipinski definition) is 6. The second-order valence-corrected chi connectivity index (χ2v) is 8.37. The summed E-state index contributed by atoms with van der Waals surface area (Å²) >= 11 is 3.54. The number of morpholine rings is 1. The van der Waals surface area contributed by atoms with Crippen molar-refractivity contribution in [3.8, 4) is 5.75 Å². The van der Waals surface area contributed by atoms with Crippen molar-refractivity contribution in [3.63, 3.8) is 0 Å². The molecule has 0 radical (unpaired) electrons. The van der Waals surface area contributed by atoms with Gasteiger partial charge in [-0.3, -0.25) is 9.88 Å². The Bertz CT molecular complexity index is 870. The van der Waals surface area contributed by atoms with Gasteiger partial charge in [0.25, 0.3) is 0 Å². The van der Waals surface area contributed by atoms with Gasteiger partial charge < -0.3 is 20.1 Å². The topological polar surface area (TPSA) is 88.6 Å². The standard InChI is InChI=1S/C21H28BrN5O3/c1-13(2)27(20-11-24-15(4)9-25-20)21(28)26-18-8-17(22)14(3)7-19(18)30-12-16-10-23-5-6-29-16/h7-9,11,13,16,23H,5-6,10,12H2,1-4H3,(H,26,28)/t16-/m0/s1. The average Bonchev–Trinajstić information content (AvgIpc) is 2.71. The fourth-order valence-corrected chi connectivity index (χ4v) is 3.41. The molecule has 1 aromatic carbocycles. The Morgan fingerprint density at radius 3 is 2.80 bits per heavy atom. The summed E-state index contributed by atoms with van der Waals surface area (Å²) in [5.74, 6) is 1.08. The van der Waals surface area contributed by atoms with E-state index in [1.807, 2.05) is 39.8 Å². The molecule has 1 atom stereocenters. The molecular formula is C21H28BrN5O3. The van der Waals surface area contributed by atoms with Crippen molar-refractivity contribution in [2.24, 2.45) is 0 Å². The zero-order valence-electron chi connectivity index (χ0n) is 17.7. The van der Waals surface area contributed by atoms with Gasteiger partial charge in [0.2, 0.25) is 0 Å². The molecule has 2 aromatic rings. The zero-order valence-corrected chi connectivity index (χ0v) is 19.3. The predicted molar refractivity (Wildman–Crippen MR) is 120 cm³/mol. The minimum atomic E-state index is -0.306. The first-order valence-electron chi connectivity index (χ1n) is 9.99. The number of carbonyl (C=O) groups excluding carboxylic acids is 1. The lowest BCUT2D eigenvalue weighted by Crippen LogP contribution is -2.42. The number of carbonyl (C=O) groups is 1. The van der Waals surface area contributed by atoms with Crippen LogP contribution in [0.15, 0.2) is 29.0 Å². The lowest BCUT2D eigenvalue weighted by molar-refractivity contribution is 0.000337. The second kappa shape index (κ2) is 10.2. The Morgan fingerprint density at radius 1 is 1.37 bits per heavy atom. The number of aryl methyl sites for hydroxylation is 2. The quantitative estimate of drug-likeness (QED) is 0.659. The van der Waals surface area contributed by atoms with E-state index in [1.165, 1.54) is 0 Å². The number of amides is 2. The number of nitrogens with zero attached hydrogens (tertiary/aromatic N) is 3. The third kappa shape index (κ3) is 5.68. The van der Waals surface area contributed by atoms with Gasteiger partial charge in [-0.2, -0.15) is 0 Å². The van der Waals surface area contributed by atoms with E-state index in [0.717, 1.165) is 28.8 Å². The van der Waals surface area contributed by atoms with Gasteiger partial charge in [0.1, 0.15) is 18.5 Å². The van der Waals surface area contributed by atoms with E-state index in [2.05, 4.69) is 36.5 Å². The van der Waals surface area contributed by atoms with Gasteiger partial charge in [-0.25, -0.2) is 9.78 Å². The van der Waals surface area contributed by atoms with Gasteiger partial charge in [-0.15, -0.1) is 0 Å². The molecular weight excluding hydrogens is 450 g/mol. The van der Waals surface area contributed by atoms with Gasteiger partial charge in [-0.05, 0) is 45.4 Å². The van der Waals surface area contributed by atoms with Crippen molar-refractivity contribution in [3.05, 3.63) is 40.3 Å². The summed E-state index contributed by atoms with van der Waals surface area (Å²) in [5.41, 5.74) is 2.38. The number of urea groups is 1. The van der Waals surface area contributed by atoms with Crippen LogP contribution >= 0.6 is 15.9 Å².